The highest BCUT2D eigenvalue weighted by atomic mass is 16.5. The average molecular weight is 423 g/mol. The van der Waals surface area contributed by atoms with Gasteiger partial charge in [0.1, 0.15) is 30.5 Å². The van der Waals surface area contributed by atoms with Crippen LogP contribution in [0.1, 0.15) is 5.56 Å². The van der Waals surface area contributed by atoms with Gasteiger partial charge >= 0.3 is 0 Å². The molecule has 2 aromatic carbocycles. The molecule has 2 N–H and O–H groups in total. The summed E-state index contributed by atoms with van der Waals surface area (Å²) in [7, 11) is 3.23. The van der Waals surface area contributed by atoms with Crippen molar-refractivity contribution in [3.63, 3.8) is 0 Å². The maximum atomic E-state index is 13.0. The summed E-state index contributed by atoms with van der Waals surface area (Å²) in [6.45, 7) is 1.13. The summed E-state index contributed by atoms with van der Waals surface area (Å²) in [6.07, 6.45) is 4.11. The Bertz CT molecular complexity index is 1040. The fourth-order valence-electron chi connectivity index (χ4n) is 3.47. The molecule has 3 aromatic rings. The van der Waals surface area contributed by atoms with Gasteiger partial charge in [-0.1, -0.05) is 6.07 Å². The Morgan fingerprint density at radius 3 is 2.87 bits per heavy atom. The van der Waals surface area contributed by atoms with Gasteiger partial charge in [0.25, 0.3) is 0 Å². The number of benzene rings is 2. The number of hydrogen-bond acceptors (Lipinski definition) is 6. The van der Waals surface area contributed by atoms with E-state index in [1.165, 1.54) is 0 Å². The standard InChI is InChI=1S/C23H25N3O5/c1-28-7-8-30-22-11-15(18-12-24-25-13-18)3-5-20(22)26-23(27)17-9-16-10-19(29-2)4-6-21(16)31-14-17/h3-6,10-13,17H,7-9,14H2,1-2H3,(H,24,25)(H,26,27)/t17-/m0/s1. The first kappa shape index (κ1) is 20.7. The van der Waals surface area contributed by atoms with Gasteiger partial charge in [-0.25, -0.2) is 0 Å². The number of hydrogen-bond donors (Lipinski definition) is 2. The molecule has 1 amide bonds. The van der Waals surface area contributed by atoms with Gasteiger partial charge in [0.15, 0.2) is 0 Å². The van der Waals surface area contributed by atoms with Crippen molar-refractivity contribution < 1.29 is 23.7 Å². The number of aromatic nitrogens is 2. The van der Waals surface area contributed by atoms with E-state index in [9.17, 15) is 4.79 Å². The average Bonchev–Trinajstić information content (AvgIpc) is 3.34. The molecule has 2 heterocycles. The summed E-state index contributed by atoms with van der Waals surface area (Å²) in [5.74, 6) is 1.66. The number of rotatable bonds is 8. The second-order valence-corrected chi connectivity index (χ2v) is 7.21. The molecule has 0 unspecified atom stereocenters. The molecule has 8 heteroatoms. The van der Waals surface area contributed by atoms with Crippen molar-refractivity contribution in [2.45, 2.75) is 6.42 Å². The molecular formula is C23H25N3O5. The van der Waals surface area contributed by atoms with Gasteiger partial charge in [0.05, 0.1) is 31.5 Å². The zero-order valence-electron chi connectivity index (χ0n) is 17.5. The van der Waals surface area contributed by atoms with Gasteiger partial charge in [-0.15, -0.1) is 0 Å². The summed E-state index contributed by atoms with van der Waals surface area (Å²) < 4.78 is 22.0. The summed E-state index contributed by atoms with van der Waals surface area (Å²) >= 11 is 0. The van der Waals surface area contributed by atoms with Crippen LogP contribution in [-0.4, -0.2) is 50.1 Å². The molecule has 0 radical (unpaired) electrons. The smallest absolute Gasteiger partial charge is 0.231 e. The molecule has 0 bridgehead atoms. The third-order valence-electron chi connectivity index (χ3n) is 5.16. The van der Waals surface area contributed by atoms with E-state index < -0.39 is 0 Å². The highest BCUT2D eigenvalue weighted by Gasteiger charge is 2.27. The predicted octanol–water partition coefficient (Wildman–Crippen LogP) is 3.30. The highest BCUT2D eigenvalue weighted by molar-refractivity contribution is 5.95. The maximum Gasteiger partial charge on any atom is 0.231 e. The second-order valence-electron chi connectivity index (χ2n) is 7.21. The monoisotopic (exact) mass is 423 g/mol. The van der Waals surface area contributed by atoms with Crippen molar-refractivity contribution in [3.8, 4) is 28.4 Å². The van der Waals surface area contributed by atoms with Gasteiger partial charge in [0, 0.05) is 18.9 Å². The third-order valence-corrected chi connectivity index (χ3v) is 5.16. The minimum absolute atomic E-state index is 0.124. The Balaban J connectivity index is 1.51. The molecule has 1 aromatic heterocycles. The molecule has 31 heavy (non-hydrogen) atoms. The van der Waals surface area contributed by atoms with E-state index in [0.29, 0.717) is 37.7 Å². The molecule has 4 rings (SSSR count). The molecule has 0 spiro atoms. The lowest BCUT2D eigenvalue weighted by molar-refractivity contribution is -0.121. The summed E-state index contributed by atoms with van der Waals surface area (Å²) in [5.41, 5.74) is 3.42. The van der Waals surface area contributed by atoms with Crippen molar-refractivity contribution in [2.24, 2.45) is 5.92 Å². The Morgan fingerprint density at radius 2 is 2.10 bits per heavy atom. The predicted molar refractivity (Wildman–Crippen MR) is 116 cm³/mol. The van der Waals surface area contributed by atoms with Crippen LogP contribution in [0.15, 0.2) is 48.8 Å². The van der Waals surface area contributed by atoms with E-state index in [1.807, 2.05) is 36.4 Å². The number of nitrogens with zero attached hydrogens (tertiary/aromatic N) is 1. The van der Waals surface area contributed by atoms with Crippen LogP contribution < -0.4 is 19.5 Å². The normalized spacial score (nSPS) is 15.0. The van der Waals surface area contributed by atoms with E-state index in [1.54, 1.807) is 26.6 Å². The molecule has 0 aliphatic carbocycles. The minimum atomic E-state index is -0.319. The molecule has 1 aliphatic rings. The molecule has 0 fully saturated rings. The van der Waals surface area contributed by atoms with Crippen LogP contribution in [0, 0.1) is 5.92 Å². The molecule has 1 aliphatic heterocycles. The number of amides is 1. The van der Waals surface area contributed by atoms with Crippen molar-refractivity contribution in [1.82, 2.24) is 10.2 Å². The first-order valence-corrected chi connectivity index (χ1v) is 10.0. The Kier molecular flexibility index (Phi) is 6.37. The first-order valence-electron chi connectivity index (χ1n) is 10.0. The van der Waals surface area contributed by atoms with E-state index in [4.69, 9.17) is 18.9 Å². The van der Waals surface area contributed by atoms with Crippen LogP contribution in [0.4, 0.5) is 5.69 Å². The largest absolute Gasteiger partial charge is 0.497 e. The van der Waals surface area contributed by atoms with Gasteiger partial charge in [-0.2, -0.15) is 5.10 Å². The minimum Gasteiger partial charge on any atom is -0.497 e. The fourth-order valence-corrected chi connectivity index (χ4v) is 3.47. The number of ether oxygens (including phenoxy) is 4. The topological polar surface area (TPSA) is 94.7 Å². The van der Waals surface area contributed by atoms with E-state index in [2.05, 4.69) is 15.5 Å². The molecule has 1 atom stereocenters. The van der Waals surface area contributed by atoms with Gasteiger partial charge in [-0.3, -0.25) is 9.89 Å². The fraction of sp³-hybridized carbons (Fsp3) is 0.304. The van der Waals surface area contributed by atoms with Gasteiger partial charge in [0.2, 0.25) is 5.91 Å². The lowest BCUT2D eigenvalue weighted by atomic mass is 9.95. The maximum absolute atomic E-state index is 13.0. The van der Waals surface area contributed by atoms with Crippen molar-refractivity contribution in [1.29, 1.82) is 0 Å². The third kappa shape index (κ3) is 4.80. The van der Waals surface area contributed by atoms with Crippen molar-refractivity contribution >= 4 is 11.6 Å². The lowest BCUT2D eigenvalue weighted by Gasteiger charge is -2.25. The zero-order valence-corrected chi connectivity index (χ0v) is 17.5. The SMILES string of the molecule is COCCOc1cc(-c2cn[nH]c2)ccc1NC(=O)[C@@H]1COc2ccc(OC)cc2C1. The Morgan fingerprint density at radius 1 is 1.19 bits per heavy atom. The quantitative estimate of drug-likeness (QED) is 0.540. The van der Waals surface area contributed by atoms with Gasteiger partial charge < -0.3 is 24.3 Å². The summed E-state index contributed by atoms with van der Waals surface area (Å²) in [6, 6.07) is 11.3. The number of anilines is 1. The number of H-pyrrole nitrogens is 1. The summed E-state index contributed by atoms with van der Waals surface area (Å²) in [4.78, 5) is 13.0. The summed E-state index contributed by atoms with van der Waals surface area (Å²) in [5, 5.41) is 9.79. The highest BCUT2D eigenvalue weighted by Crippen LogP contribution is 2.33. The van der Waals surface area contributed by atoms with Gasteiger partial charge in [-0.05, 0) is 47.9 Å². The Labute approximate surface area is 180 Å². The van der Waals surface area contributed by atoms with Crippen LogP contribution in [0.3, 0.4) is 0 Å². The molecular weight excluding hydrogens is 398 g/mol. The van der Waals surface area contributed by atoms with Crippen LogP contribution >= 0.6 is 0 Å². The number of nitrogens with one attached hydrogen (secondary N) is 2. The number of aromatic amines is 1. The van der Waals surface area contributed by atoms with Crippen LogP contribution in [0.5, 0.6) is 17.2 Å². The molecule has 0 saturated carbocycles. The first-order chi connectivity index (χ1) is 15.2. The number of carbonyl (C=O) groups excluding carboxylic acids is 1. The van der Waals surface area contributed by atoms with E-state index in [0.717, 1.165) is 28.2 Å². The zero-order chi connectivity index (χ0) is 21.6. The van der Waals surface area contributed by atoms with Crippen LogP contribution in [0.25, 0.3) is 11.1 Å². The number of carbonyl (C=O) groups is 1. The Hall–Kier alpha value is -3.52. The lowest BCUT2D eigenvalue weighted by Crippen LogP contribution is -2.32. The number of methoxy groups -OCH3 is 2. The molecule has 0 saturated heterocycles. The van der Waals surface area contributed by atoms with E-state index >= 15 is 0 Å². The van der Waals surface area contributed by atoms with Crippen LogP contribution in [-0.2, 0) is 16.0 Å². The number of fused-ring (bicyclic) bond motifs is 1. The second kappa shape index (κ2) is 9.53. The van der Waals surface area contributed by atoms with Crippen molar-refractivity contribution in [3.05, 3.63) is 54.4 Å². The van der Waals surface area contributed by atoms with Crippen LogP contribution in [0.2, 0.25) is 0 Å². The molecule has 162 valence electrons. The van der Waals surface area contributed by atoms with Crippen molar-refractivity contribution in [2.75, 3.05) is 39.4 Å². The van der Waals surface area contributed by atoms with E-state index in [-0.39, 0.29) is 11.8 Å². The molecule has 8 nitrogen and oxygen atoms in total.